The second-order valence-corrected chi connectivity index (χ2v) is 4.67. The highest BCUT2D eigenvalue weighted by molar-refractivity contribution is 5.85. The Kier molecular flexibility index (Phi) is 4.03. The molecule has 104 valence electrons. The molecule has 0 bridgehead atoms. The lowest BCUT2D eigenvalue weighted by molar-refractivity contribution is -0.385. The fraction of sp³-hybridized carbons (Fsp3) is 0.364. The van der Waals surface area contributed by atoms with Crippen LogP contribution >= 0.6 is 0 Å². The van der Waals surface area contributed by atoms with Crippen molar-refractivity contribution in [2.45, 2.75) is 26.4 Å². The molecule has 8 heteroatoms. The molecule has 1 aromatic rings. The third-order valence-electron chi connectivity index (χ3n) is 1.86. The first-order chi connectivity index (χ1) is 8.60. The number of halogens is 2. The highest BCUT2D eigenvalue weighted by atomic mass is 19.1. The van der Waals surface area contributed by atoms with Crippen molar-refractivity contribution in [3.63, 3.8) is 0 Å². The summed E-state index contributed by atoms with van der Waals surface area (Å²) in [5.41, 5.74) is -2.37. The monoisotopic (exact) mass is 274 g/mol. The van der Waals surface area contributed by atoms with Crippen LogP contribution in [0.1, 0.15) is 20.8 Å². The average Bonchev–Trinajstić information content (AvgIpc) is 2.20. The number of nitrogens with zero attached hydrogens (tertiary/aromatic N) is 1. The standard InChI is InChI=1S/C11H12F2N2O4/c1-11(2,3)19-10(16)14-9-7(12)4-6(15(17)18)5-8(9)13/h4-5H,1-3H3,(H,14,16). The van der Waals surface area contributed by atoms with Gasteiger partial charge in [-0.15, -0.1) is 0 Å². The molecule has 0 heterocycles. The van der Waals surface area contributed by atoms with E-state index in [1.165, 1.54) is 0 Å². The van der Waals surface area contributed by atoms with E-state index in [1.807, 2.05) is 5.32 Å². The van der Waals surface area contributed by atoms with Gasteiger partial charge in [0.2, 0.25) is 0 Å². The van der Waals surface area contributed by atoms with Crippen LogP contribution in [0.5, 0.6) is 0 Å². The minimum Gasteiger partial charge on any atom is -0.444 e. The van der Waals surface area contributed by atoms with Gasteiger partial charge in [0.15, 0.2) is 11.6 Å². The van der Waals surface area contributed by atoms with Gasteiger partial charge in [0, 0.05) is 0 Å². The van der Waals surface area contributed by atoms with Gasteiger partial charge >= 0.3 is 6.09 Å². The van der Waals surface area contributed by atoms with Crippen LogP contribution in [0.15, 0.2) is 12.1 Å². The lowest BCUT2D eigenvalue weighted by Crippen LogP contribution is -2.27. The van der Waals surface area contributed by atoms with E-state index in [9.17, 15) is 23.7 Å². The van der Waals surface area contributed by atoms with Gasteiger partial charge in [-0.25, -0.2) is 13.6 Å². The molecule has 0 saturated heterocycles. The Morgan fingerprint density at radius 1 is 1.32 bits per heavy atom. The number of hydrogen-bond donors (Lipinski definition) is 1. The zero-order chi connectivity index (χ0) is 14.8. The second-order valence-electron chi connectivity index (χ2n) is 4.67. The molecule has 19 heavy (non-hydrogen) atoms. The molecule has 0 saturated carbocycles. The van der Waals surface area contributed by atoms with Gasteiger partial charge in [-0.1, -0.05) is 0 Å². The van der Waals surface area contributed by atoms with Crippen LogP contribution < -0.4 is 5.32 Å². The van der Waals surface area contributed by atoms with E-state index < -0.39 is 39.6 Å². The predicted octanol–water partition coefficient (Wildman–Crippen LogP) is 3.22. The van der Waals surface area contributed by atoms with Crippen LogP contribution in [0, 0.1) is 21.7 Å². The van der Waals surface area contributed by atoms with Gasteiger partial charge in [-0.2, -0.15) is 0 Å². The molecular weight excluding hydrogens is 262 g/mol. The summed E-state index contributed by atoms with van der Waals surface area (Å²) in [5, 5.41) is 12.3. The maximum Gasteiger partial charge on any atom is 0.412 e. The zero-order valence-electron chi connectivity index (χ0n) is 10.5. The third kappa shape index (κ3) is 4.16. The molecule has 0 aliphatic carbocycles. The highest BCUT2D eigenvalue weighted by Gasteiger charge is 2.21. The quantitative estimate of drug-likeness (QED) is 0.663. The van der Waals surface area contributed by atoms with Crippen LogP contribution in [-0.2, 0) is 4.74 Å². The molecule has 0 atom stereocenters. The van der Waals surface area contributed by atoms with Crippen LogP contribution in [0.25, 0.3) is 0 Å². The number of amides is 1. The summed E-state index contributed by atoms with van der Waals surface area (Å²) >= 11 is 0. The normalized spacial score (nSPS) is 11.0. The van der Waals surface area contributed by atoms with E-state index in [0.717, 1.165) is 0 Å². The summed E-state index contributed by atoms with van der Waals surface area (Å²) in [6, 6.07) is 1.02. The lowest BCUT2D eigenvalue weighted by Gasteiger charge is -2.19. The predicted molar refractivity (Wildman–Crippen MR) is 62.9 cm³/mol. The maximum absolute atomic E-state index is 13.4. The van der Waals surface area contributed by atoms with E-state index in [4.69, 9.17) is 4.74 Å². The summed E-state index contributed by atoms with van der Waals surface area (Å²) in [5.74, 6) is -2.50. The maximum atomic E-state index is 13.4. The van der Waals surface area contributed by atoms with Crippen molar-refractivity contribution in [3.8, 4) is 0 Å². The molecule has 0 aromatic heterocycles. The smallest absolute Gasteiger partial charge is 0.412 e. The second kappa shape index (κ2) is 5.17. The Hall–Kier alpha value is -2.25. The van der Waals surface area contributed by atoms with E-state index in [2.05, 4.69) is 0 Å². The highest BCUT2D eigenvalue weighted by Crippen LogP contribution is 2.25. The average molecular weight is 274 g/mol. The van der Waals surface area contributed by atoms with Crippen molar-refractivity contribution in [1.82, 2.24) is 0 Å². The number of carbonyl (C=O) groups excluding carboxylic acids is 1. The molecule has 0 unspecified atom stereocenters. The number of ether oxygens (including phenoxy) is 1. The SMILES string of the molecule is CC(C)(C)OC(=O)Nc1c(F)cc([N+](=O)[O-])cc1F. The Labute approximate surface area is 107 Å². The molecule has 6 nitrogen and oxygen atoms in total. The fourth-order valence-corrected chi connectivity index (χ4v) is 1.19. The fourth-order valence-electron chi connectivity index (χ4n) is 1.19. The Bertz CT molecular complexity index is 503. The van der Waals surface area contributed by atoms with Crippen LogP contribution in [0.3, 0.4) is 0 Å². The summed E-state index contributed by atoms with van der Waals surface area (Å²) in [6.07, 6.45) is -1.06. The van der Waals surface area contributed by atoms with Gasteiger partial charge in [-0.3, -0.25) is 15.4 Å². The van der Waals surface area contributed by atoms with Crippen LogP contribution in [0.4, 0.5) is 25.0 Å². The Morgan fingerprint density at radius 3 is 2.16 bits per heavy atom. The molecule has 0 fully saturated rings. The number of rotatable bonds is 2. The number of non-ortho nitro benzene ring substituents is 1. The van der Waals surface area contributed by atoms with Gasteiger partial charge in [-0.05, 0) is 20.8 Å². The van der Waals surface area contributed by atoms with Crippen molar-refractivity contribution in [2.75, 3.05) is 5.32 Å². The number of benzene rings is 1. The van der Waals surface area contributed by atoms with Gasteiger partial charge in [0.05, 0.1) is 17.1 Å². The van der Waals surface area contributed by atoms with E-state index >= 15 is 0 Å². The largest absolute Gasteiger partial charge is 0.444 e. The van der Waals surface area contributed by atoms with E-state index in [-0.39, 0.29) is 0 Å². The minimum atomic E-state index is -1.25. The first-order valence-electron chi connectivity index (χ1n) is 5.23. The third-order valence-corrected chi connectivity index (χ3v) is 1.86. The van der Waals surface area contributed by atoms with Crippen molar-refractivity contribution in [3.05, 3.63) is 33.9 Å². The summed E-state index contributed by atoms with van der Waals surface area (Å²) in [4.78, 5) is 20.8. The Balaban J connectivity index is 2.97. The van der Waals surface area contributed by atoms with Crippen molar-refractivity contribution < 1.29 is 23.2 Å². The van der Waals surface area contributed by atoms with E-state index in [1.54, 1.807) is 20.8 Å². The van der Waals surface area contributed by atoms with Gasteiger partial charge in [0.25, 0.3) is 5.69 Å². The van der Waals surface area contributed by atoms with Crippen LogP contribution in [0.2, 0.25) is 0 Å². The number of carbonyl (C=O) groups is 1. The van der Waals surface area contributed by atoms with Crippen molar-refractivity contribution >= 4 is 17.5 Å². The van der Waals surface area contributed by atoms with Gasteiger partial charge < -0.3 is 4.74 Å². The van der Waals surface area contributed by atoms with Crippen molar-refractivity contribution in [1.29, 1.82) is 0 Å². The summed E-state index contributed by atoms with van der Waals surface area (Å²) in [7, 11) is 0. The number of hydrogen-bond acceptors (Lipinski definition) is 4. The molecule has 1 rings (SSSR count). The van der Waals surface area contributed by atoms with Crippen molar-refractivity contribution in [2.24, 2.45) is 0 Å². The summed E-state index contributed by atoms with van der Waals surface area (Å²) < 4.78 is 31.7. The first kappa shape index (κ1) is 14.8. The molecule has 0 aliphatic rings. The number of nitro groups is 1. The van der Waals surface area contributed by atoms with Gasteiger partial charge in [0.1, 0.15) is 11.3 Å². The topological polar surface area (TPSA) is 81.5 Å². The molecule has 1 N–H and O–H groups in total. The number of nitrogens with one attached hydrogen (secondary N) is 1. The molecule has 0 radical (unpaired) electrons. The summed E-state index contributed by atoms with van der Waals surface area (Å²) in [6.45, 7) is 4.74. The lowest BCUT2D eigenvalue weighted by atomic mass is 10.2. The zero-order valence-corrected chi connectivity index (χ0v) is 10.5. The molecule has 1 aromatic carbocycles. The molecule has 0 aliphatic heterocycles. The number of anilines is 1. The van der Waals surface area contributed by atoms with Crippen LogP contribution in [-0.4, -0.2) is 16.6 Å². The van der Waals surface area contributed by atoms with E-state index in [0.29, 0.717) is 12.1 Å². The number of nitro benzene ring substituents is 1. The first-order valence-corrected chi connectivity index (χ1v) is 5.23. The molecule has 1 amide bonds. The molecule has 0 spiro atoms. The Morgan fingerprint density at radius 2 is 1.79 bits per heavy atom. The molecular formula is C11H12F2N2O4. The minimum absolute atomic E-state index is 0.510.